The highest BCUT2D eigenvalue weighted by atomic mass is 16.5. The second-order valence-corrected chi connectivity index (χ2v) is 3.62. The maximum atomic E-state index is 5.82. The van der Waals surface area contributed by atoms with E-state index >= 15 is 0 Å². The standard InChI is InChI=1S/C11H17N3O/c1-13-11-8-9(2-3-10(11)12)14-4-6-15-7-5-14/h2-3,8,13H,4-7,12H2,1H3. The Bertz CT molecular complexity index is 335. The summed E-state index contributed by atoms with van der Waals surface area (Å²) >= 11 is 0. The largest absolute Gasteiger partial charge is 0.397 e. The number of nitrogens with zero attached hydrogens (tertiary/aromatic N) is 1. The minimum absolute atomic E-state index is 0.787. The van der Waals surface area contributed by atoms with Gasteiger partial charge in [0.15, 0.2) is 0 Å². The van der Waals surface area contributed by atoms with Crippen LogP contribution in [-0.2, 0) is 4.74 Å². The summed E-state index contributed by atoms with van der Waals surface area (Å²) in [6, 6.07) is 6.08. The lowest BCUT2D eigenvalue weighted by Crippen LogP contribution is -2.36. The molecule has 3 N–H and O–H groups in total. The van der Waals surface area contributed by atoms with Gasteiger partial charge in [0.25, 0.3) is 0 Å². The van der Waals surface area contributed by atoms with Crippen LogP contribution in [0, 0.1) is 0 Å². The highest BCUT2D eigenvalue weighted by Crippen LogP contribution is 2.25. The van der Waals surface area contributed by atoms with Crippen LogP contribution in [0.25, 0.3) is 0 Å². The first-order valence-corrected chi connectivity index (χ1v) is 5.21. The van der Waals surface area contributed by atoms with Gasteiger partial charge in [-0.2, -0.15) is 0 Å². The average Bonchev–Trinajstić information content (AvgIpc) is 2.31. The Morgan fingerprint density at radius 2 is 2.07 bits per heavy atom. The Morgan fingerprint density at radius 3 is 2.73 bits per heavy atom. The van der Waals surface area contributed by atoms with Gasteiger partial charge in [-0.25, -0.2) is 0 Å². The smallest absolute Gasteiger partial charge is 0.0642 e. The van der Waals surface area contributed by atoms with Gasteiger partial charge in [-0.1, -0.05) is 0 Å². The fourth-order valence-electron chi connectivity index (χ4n) is 1.78. The lowest BCUT2D eigenvalue weighted by atomic mass is 10.2. The fraction of sp³-hybridized carbons (Fsp3) is 0.455. The molecule has 1 aliphatic heterocycles. The van der Waals surface area contributed by atoms with Crippen molar-refractivity contribution in [1.82, 2.24) is 0 Å². The predicted molar refractivity (Wildman–Crippen MR) is 63.4 cm³/mol. The third-order valence-corrected chi connectivity index (χ3v) is 2.68. The molecule has 1 aromatic rings. The molecule has 1 aliphatic rings. The number of nitrogen functional groups attached to an aromatic ring is 1. The van der Waals surface area contributed by atoms with Gasteiger partial charge < -0.3 is 20.7 Å². The molecule has 2 rings (SSSR count). The Morgan fingerprint density at radius 1 is 1.33 bits per heavy atom. The summed E-state index contributed by atoms with van der Waals surface area (Å²) in [5.74, 6) is 0. The van der Waals surface area contributed by atoms with E-state index in [0.29, 0.717) is 0 Å². The summed E-state index contributed by atoms with van der Waals surface area (Å²) in [5, 5.41) is 3.09. The van der Waals surface area contributed by atoms with Crippen LogP contribution in [0.5, 0.6) is 0 Å². The van der Waals surface area contributed by atoms with Crippen LogP contribution in [0.4, 0.5) is 17.1 Å². The first-order chi connectivity index (χ1) is 7.31. The first-order valence-electron chi connectivity index (χ1n) is 5.21. The maximum absolute atomic E-state index is 5.82. The van der Waals surface area contributed by atoms with E-state index in [1.165, 1.54) is 5.69 Å². The van der Waals surface area contributed by atoms with Crippen LogP contribution >= 0.6 is 0 Å². The van der Waals surface area contributed by atoms with Gasteiger partial charge >= 0.3 is 0 Å². The van der Waals surface area contributed by atoms with Crippen molar-refractivity contribution in [3.8, 4) is 0 Å². The van der Waals surface area contributed by atoms with Crippen molar-refractivity contribution in [1.29, 1.82) is 0 Å². The zero-order chi connectivity index (χ0) is 10.7. The highest BCUT2D eigenvalue weighted by Gasteiger charge is 2.11. The molecule has 0 aliphatic carbocycles. The third kappa shape index (κ3) is 2.15. The number of morpholine rings is 1. The molecule has 0 spiro atoms. The molecule has 1 aromatic carbocycles. The first kappa shape index (κ1) is 10.1. The molecule has 82 valence electrons. The van der Waals surface area contributed by atoms with E-state index in [4.69, 9.17) is 10.5 Å². The summed E-state index contributed by atoms with van der Waals surface area (Å²) in [7, 11) is 1.88. The van der Waals surface area contributed by atoms with Gasteiger partial charge in [0.05, 0.1) is 24.6 Å². The number of ether oxygens (including phenoxy) is 1. The molecule has 0 bridgehead atoms. The van der Waals surface area contributed by atoms with Crippen LogP contribution in [0.3, 0.4) is 0 Å². The fourth-order valence-corrected chi connectivity index (χ4v) is 1.78. The van der Waals surface area contributed by atoms with Crippen molar-refractivity contribution in [2.45, 2.75) is 0 Å². The van der Waals surface area contributed by atoms with E-state index in [2.05, 4.69) is 22.3 Å². The zero-order valence-electron chi connectivity index (χ0n) is 8.99. The van der Waals surface area contributed by atoms with Crippen LogP contribution in [0.1, 0.15) is 0 Å². The molecule has 1 saturated heterocycles. The average molecular weight is 207 g/mol. The maximum Gasteiger partial charge on any atom is 0.0642 e. The van der Waals surface area contributed by atoms with E-state index in [-0.39, 0.29) is 0 Å². The molecule has 4 nitrogen and oxygen atoms in total. The molecule has 0 atom stereocenters. The van der Waals surface area contributed by atoms with Gasteiger partial charge in [-0.3, -0.25) is 0 Å². The summed E-state index contributed by atoms with van der Waals surface area (Å²) in [5.41, 5.74) is 8.80. The number of hydrogen-bond acceptors (Lipinski definition) is 4. The molecule has 0 amide bonds. The van der Waals surface area contributed by atoms with E-state index in [1.807, 2.05) is 13.1 Å². The zero-order valence-corrected chi connectivity index (χ0v) is 8.99. The number of nitrogens with two attached hydrogens (primary N) is 1. The van der Waals surface area contributed by atoms with Crippen molar-refractivity contribution in [3.05, 3.63) is 18.2 Å². The minimum atomic E-state index is 0.787. The quantitative estimate of drug-likeness (QED) is 0.714. The minimum Gasteiger partial charge on any atom is -0.397 e. The van der Waals surface area contributed by atoms with Gasteiger partial charge in [-0.15, -0.1) is 0 Å². The normalized spacial score (nSPS) is 16.5. The SMILES string of the molecule is CNc1cc(N2CCOCC2)ccc1N. The monoisotopic (exact) mass is 207 g/mol. The van der Waals surface area contributed by atoms with E-state index in [9.17, 15) is 0 Å². The molecule has 1 fully saturated rings. The Labute approximate surface area is 90.0 Å². The lowest BCUT2D eigenvalue weighted by molar-refractivity contribution is 0.122. The molecule has 0 radical (unpaired) electrons. The third-order valence-electron chi connectivity index (χ3n) is 2.68. The Kier molecular flexibility index (Phi) is 2.97. The highest BCUT2D eigenvalue weighted by molar-refractivity contribution is 5.72. The molecule has 1 heterocycles. The molecule has 0 saturated carbocycles. The Balaban J connectivity index is 2.20. The topological polar surface area (TPSA) is 50.5 Å². The van der Waals surface area contributed by atoms with Crippen molar-refractivity contribution in [2.24, 2.45) is 0 Å². The summed E-state index contributed by atoms with van der Waals surface area (Å²) in [4.78, 5) is 2.31. The van der Waals surface area contributed by atoms with Gasteiger partial charge in [0.1, 0.15) is 0 Å². The predicted octanol–water partition coefficient (Wildman–Crippen LogP) is 1.15. The second kappa shape index (κ2) is 4.40. The molecular formula is C11H17N3O. The van der Waals surface area contributed by atoms with E-state index in [1.54, 1.807) is 0 Å². The van der Waals surface area contributed by atoms with Crippen molar-refractivity contribution in [2.75, 3.05) is 49.3 Å². The van der Waals surface area contributed by atoms with Crippen LogP contribution in [-0.4, -0.2) is 33.4 Å². The van der Waals surface area contributed by atoms with E-state index < -0.39 is 0 Å². The van der Waals surface area contributed by atoms with Crippen molar-refractivity contribution >= 4 is 17.1 Å². The summed E-state index contributed by atoms with van der Waals surface area (Å²) in [6.07, 6.45) is 0. The summed E-state index contributed by atoms with van der Waals surface area (Å²) < 4.78 is 5.32. The van der Waals surface area contributed by atoms with Crippen molar-refractivity contribution in [3.63, 3.8) is 0 Å². The molecule has 4 heteroatoms. The van der Waals surface area contributed by atoms with Crippen LogP contribution < -0.4 is 16.0 Å². The molecule has 0 aromatic heterocycles. The van der Waals surface area contributed by atoms with Gasteiger partial charge in [0, 0.05) is 25.8 Å². The number of anilines is 3. The molecular weight excluding hydrogens is 190 g/mol. The van der Waals surface area contributed by atoms with Crippen molar-refractivity contribution < 1.29 is 4.74 Å². The number of nitrogens with one attached hydrogen (secondary N) is 1. The number of benzene rings is 1. The molecule has 15 heavy (non-hydrogen) atoms. The molecule has 0 unspecified atom stereocenters. The lowest BCUT2D eigenvalue weighted by Gasteiger charge is -2.29. The number of rotatable bonds is 2. The van der Waals surface area contributed by atoms with Gasteiger partial charge in [-0.05, 0) is 18.2 Å². The van der Waals surface area contributed by atoms with Gasteiger partial charge in [0.2, 0.25) is 0 Å². The van der Waals surface area contributed by atoms with E-state index in [0.717, 1.165) is 37.7 Å². The van der Waals surface area contributed by atoms with Crippen LogP contribution in [0.15, 0.2) is 18.2 Å². The Hall–Kier alpha value is -1.42. The van der Waals surface area contributed by atoms with Crippen LogP contribution in [0.2, 0.25) is 0 Å². The second-order valence-electron chi connectivity index (χ2n) is 3.62. The number of hydrogen-bond donors (Lipinski definition) is 2. The summed E-state index contributed by atoms with van der Waals surface area (Å²) in [6.45, 7) is 3.51.